The maximum absolute atomic E-state index is 12.3. The minimum atomic E-state index is -0.299. The lowest BCUT2D eigenvalue weighted by Gasteiger charge is -2.11. The maximum atomic E-state index is 12.3. The molecule has 0 radical (unpaired) electrons. The fourth-order valence-electron chi connectivity index (χ4n) is 2.05. The van der Waals surface area contributed by atoms with Crippen LogP contribution in [-0.2, 0) is 5.75 Å². The van der Waals surface area contributed by atoms with Gasteiger partial charge in [0, 0.05) is 14.1 Å². The van der Waals surface area contributed by atoms with Gasteiger partial charge < -0.3 is 16.5 Å². The molecule has 0 saturated carbocycles. The first-order chi connectivity index (χ1) is 11.5. The van der Waals surface area contributed by atoms with Crippen LogP contribution in [0, 0.1) is 0 Å². The van der Waals surface area contributed by atoms with E-state index in [1.165, 1.54) is 11.8 Å². The third-order valence-electron chi connectivity index (χ3n) is 3.19. The summed E-state index contributed by atoms with van der Waals surface area (Å²) in [7, 11) is 3.63. The quantitative estimate of drug-likeness (QED) is 0.388. The van der Waals surface area contributed by atoms with Crippen molar-refractivity contribution in [1.82, 2.24) is 24.6 Å². The molecule has 0 amide bonds. The van der Waals surface area contributed by atoms with Crippen LogP contribution in [0.2, 0.25) is 0 Å². The lowest BCUT2D eigenvalue weighted by Crippen LogP contribution is -2.29. The predicted octanol–water partition coefficient (Wildman–Crippen LogP) is 0.236. The van der Waals surface area contributed by atoms with Gasteiger partial charge in [-0.25, -0.2) is 9.66 Å². The van der Waals surface area contributed by atoms with Gasteiger partial charge in [0.05, 0.1) is 16.7 Å². The molecule has 0 fully saturated rings. The van der Waals surface area contributed by atoms with E-state index in [4.69, 9.17) is 11.6 Å². The largest absolute Gasteiger partial charge is 0.368 e. The van der Waals surface area contributed by atoms with E-state index < -0.39 is 0 Å². The van der Waals surface area contributed by atoms with E-state index in [1.54, 1.807) is 23.1 Å². The number of fused-ring (bicyclic) bond motifs is 1. The lowest BCUT2D eigenvalue weighted by molar-refractivity contribution is 0.778. The van der Waals surface area contributed by atoms with E-state index in [1.807, 2.05) is 20.2 Å². The van der Waals surface area contributed by atoms with Crippen LogP contribution in [0.1, 0.15) is 5.82 Å². The highest BCUT2D eigenvalue weighted by molar-refractivity contribution is 7.98. The summed E-state index contributed by atoms with van der Waals surface area (Å²) in [6.45, 7) is 0. The van der Waals surface area contributed by atoms with Gasteiger partial charge in [0.1, 0.15) is 5.82 Å². The van der Waals surface area contributed by atoms with Gasteiger partial charge >= 0.3 is 0 Å². The third-order valence-corrected chi connectivity index (χ3v) is 4.14. The first kappa shape index (κ1) is 16.0. The summed E-state index contributed by atoms with van der Waals surface area (Å²) >= 11 is 1.26. The Bertz CT molecular complexity index is 955. The van der Waals surface area contributed by atoms with Gasteiger partial charge in [0.25, 0.3) is 5.56 Å². The zero-order valence-electron chi connectivity index (χ0n) is 13.2. The molecule has 0 bridgehead atoms. The molecule has 124 valence electrons. The molecule has 3 rings (SSSR count). The van der Waals surface area contributed by atoms with E-state index in [9.17, 15) is 4.79 Å². The molecule has 0 aliphatic rings. The molecule has 0 spiro atoms. The Morgan fingerprint density at radius 2 is 1.92 bits per heavy atom. The summed E-state index contributed by atoms with van der Waals surface area (Å²) in [6.07, 6.45) is 0. The summed E-state index contributed by atoms with van der Waals surface area (Å²) in [5, 5.41) is 0.854. The SMILES string of the molecule is CN(C)c1nc(N)nc(CSc2nc3ccccc3c(=O)n2N)n1. The highest BCUT2D eigenvalue weighted by Crippen LogP contribution is 2.20. The zero-order chi connectivity index (χ0) is 17.3. The highest BCUT2D eigenvalue weighted by Gasteiger charge is 2.12. The maximum Gasteiger partial charge on any atom is 0.280 e. The van der Waals surface area contributed by atoms with Gasteiger partial charge in [0.15, 0.2) is 5.16 Å². The van der Waals surface area contributed by atoms with E-state index in [0.717, 1.165) is 4.68 Å². The van der Waals surface area contributed by atoms with Gasteiger partial charge in [-0.05, 0) is 12.1 Å². The third kappa shape index (κ3) is 3.08. The van der Waals surface area contributed by atoms with Crippen molar-refractivity contribution in [3.05, 3.63) is 40.4 Å². The van der Waals surface area contributed by atoms with Crippen molar-refractivity contribution in [3.8, 4) is 0 Å². The summed E-state index contributed by atoms with van der Waals surface area (Å²) in [5.74, 6) is 7.30. The summed E-state index contributed by atoms with van der Waals surface area (Å²) in [5.41, 5.74) is 6.00. The molecule has 0 aliphatic heterocycles. The van der Waals surface area contributed by atoms with Crippen LogP contribution in [0.15, 0.2) is 34.2 Å². The second kappa shape index (κ2) is 6.32. The number of hydrogen-bond acceptors (Lipinski definition) is 9. The van der Waals surface area contributed by atoms with Crippen LogP contribution >= 0.6 is 11.8 Å². The Balaban J connectivity index is 1.91. The molecule has 3 aromatic rings. The summed E-state index contributed by atoms with van der Waals surface area (Å²) in [4.78, 5) is 30.9. The molecule has 10 heteroatoms. The van der Waals surface area contributed by atoms with E-state index in [2.05, 4.69) is 19.9 Å². The molecular formula is C14H16N8OS. The molecule has 0 saturated heterocycles. The van der Waals surface area contributed by atoms with Gasteiger partial charge in [-0.1, -0.05) is 23.9 Å². The Labute approximate surface area is 141 Å². The predicted molar refractivity (Wildman–Crippen MR) is 94.3 cm³/mol. The van der Waals surface area contributed by atoms with Gasteiger partial charge in [-0.15, -0.1) is 0 Å². The Hall–Kier alpha value is -2.88. The van der Waals surface area contributed by atoms with Crippen LogP contribution in [0.3, 0.4) is 0 Å². The summed E-state index contributed by atoms with van der Waals surface area (Å²) in [6, 6.07) is 7.05. The van der Waals surface area contributed by atoms with E-state index in [-0.39, 0.29) is 11.5 Å². The Morgan fingerprint density at radius 1 is 1.17 bits per heavy atom. The van der Waals surface area contributed by atoms with Crippen LogP contribution in [0.25, 0.3) is 10.9 Å². The molecule has 2 aromatic heterocycles. The highest BCUT2D eigenvalue weighted by atomic mass is 32.2. The van der Waals surface area contributed by atoms with Crippen molar-refractivity contribution in [2.75, 3.05) is 30.6 Å². The van der Waals surface area contributed by atoms with Crippen molar-refractivity contribution in [3.63, 3.8) is 0 Å². The molecule has 4 N–H and O–H groups in total. The van der Waals surface area contributed by atoms with Crippen molar-refractivity contribution < 1.29 is 0 Å². The van der Waals surface area contributed by atoms with Crippen molar-refractivity contribution >= 4 is 34.6 Å². The molecule has 0 aliphatic carbocycles. The number of aromatic nitrogens is 5. The second-order valence-electron chi connectivity index (χ2n) is 5.18. The first-order valence-corrected chi connectivity index (χ1v) is 8.01. The monoisotopic (exact) mass is 344 g/mol. The number of nitrogens with two attached hydrogens (primary N) is 2. The second-order valence-corrected chi connectivity index (χ2v) is 6.12. The molecule has 24 heavy (non-hydrogen) atoms. The Morgan fingerprint density at radius 3 is 2.67 bits per heavy atom. The van der Waals surface area contributed by atoms with Crippen LogP contribution in [-0.4, -0.2) is 38.7 Å². The van der Waals surface area contributed by atoms with Crippen molar-refractivity contribution in [2.24, 2.45) is 0 Å². The number of rotatable bonds is 4. The van der Waals surface area contributed by atoms with Gasteiger partial charge in [0.2, 0.25) is 11.9 Å². The number of benzene rings is 1. The van der Waals surface area contributed by atoms with Gasteiger partial charge in [-0.2, -0.15) is 15.0 Å². The van der Waals surface area contributed by atoms with Crippen LogP contribution < -0.4 is 22.0 Å². The first-order valence-electron chi connectivity index (χ1n) is 7.03. The summed E-state index contributed by atoms with van der Waals surface area (Å²) < 4.78 is 1.03. The zero-order valence-corrected chi connectivity index (χ0v) is 14.0. The average Bonchev–Trinajstić information content (AvgIpc) is 2.56. The number of para-hydroxylation sites is 1. The molecule has 0 unspecified atom stereocenters. The molecule has 9 nitrogen and oxygen atoms in total. The minimum absolute atomic E-state index is 0.140. The molecule has 0 atom stereocenters. The number of nitrogens with zero attached hydrogens (tertiary/aromatic N) is 6. The number of nitrogen functional groups attached to an aromatic ring is 2. The van der Waals surface area contributed by atoms with E-state index in [0.29, 0.717) is 33.6 Å². The molecular weight excluding hydrogens is 328 g/mol. The number of anilines is 2. The molecule has 1 aromatic carbocycles. The lowest BCUT2D eigenvalue weighted by atomic mass is 10.2. The van der Waals surface area contributed by atoms with Crippen LogP contribution in [0.4, 0.5) is 11.9 Å². The minimum Gasteiger partial charge on any atom is -0.368 e. The fourth-order valence-corrected chi connectivity index (χ4v) is 2.82. The number of hydrogen-bond donors (Lipinski definition) is 2. The fraction of sp³-hybridized carbons (Fsp3) is 0.214. The smallest absolute Gasteiger partial charge is 0.280 e. The van der Waals surface area contributed by atoms with Crippen LogP contribution in [0.5, 0.6) is 0 Å². The van der Waals surface area contributed by atoms with Crippen molar-refractivity contribution in [1.29, 1.82) is 0 Å². The van der Waals surface area contributed by atoms with E-state index >= 15 is 0 Å². The average molecular weight is 344 g/mol. The standard InChI is InChI=1S/C14H16N8OS/c1-21(2)13-19-10(18-12(15)20-13)7-24-14-17-9-6-4-3-5-8(9)11(23)22(14)16/h3-6H,7,16H2,1-2H3,(H2,15,18,19,20). The Kier molecular flexibility index (Phi) is 4.21. The number of thioether (sulfide) groups is 1. The molecule has 2 heterocycles. The normalized spacial score (nSPS) is 10.9. The van der Waals surface area contributed by atoms with Gasteiger partial charge in [-0.3, -0.25) is 4.79 Å². The van der Waals surface area contributed by atoms with Crippen molar-refractivity contribution in [2.45, 2.75) is 10.9 Å². The topological polar surface area (TPSA) is 129 Å².